The summed E-state index contributed by atoms with van der Waals surface area (Å²) in [7, 11) is 3.00. The summed E-state index contributed by atoms with van der Waals surface area (Å²) in [5, 5.41) is 10.4. The van der Waals surface area contributed by atoms with Crippen LogP contribution in [-0.2, 0) is 4.74 Å². The van der Waals surface area contributed by atoms with E-state index in [-0.39, 0.29) is 35.1 Å². The second kappa shape index (κ2) is 7.50. The number of fused-ring (bicyclic) bond motifs is 2. The third-order valence-corrected chi connectivity index (χ3v) is 5.64. The summed E-state index contributed by atoms with van der Waals surface area (Å²) < 4.78 is 16.4. The van der Waals surface area contributed by atoms with Gasteiger partial charge in [0.25, 0.3) is 5.91 Å². The van der Waals surface area contributed by atoms with Crippen LogP contribution in [0, 0.1) is 13.8 Å². The zero-order valence-electron chi connectivity index (χ0n) is 17.3. The smallest absolute Gasteiger partial charge is 0.290 e. The molecule has 1 aliphatic rings. The first-order valence-corrected chi connectivity index (χ1v) is 9.62. The number of ether oxygens (including phenoxy) is 2. The van der Waals surface area contributed by atoms with Gasteiger partial charge in [-0.25, -0.2) is 0 Å². The number of carbonyl (C=O) groups excluding carboxylic acids is 1. The zero-order valence-corrected chi connectivity index (χ0v) is 17.3. The SMILES string of the molecule is COCCN1C(=O)c2oc3cc(C)c(C)cc3c(=O)c2C1c1ccc(O)c(OC)c1. The number of rotatable bonds is 5. The van der Waals surface area contributed by atoms with Crippen molar-refractivity contribution in [2.24, 2.45) is 0 Å². The molecule has 2 heterocycles. The Morgan fingerprint density at radius 2 is 1.83 bits per heavy atom. The van der Waals surface area contributed by atoms with E-state index in [1.54, 1.807) is 36.3 Å². The quantitative estimate of drug-likeness (QED) is 0.695. The van der Waals surface area contributed by atoms with Crippen LogP contribution in [0.15, 0.2) is 39.5 Å². The number of nitrogens with zero attached hydrogens (tertiary/aromatic N) is 1. The summed E-state index contributed by atoms with van der Waals surface area (Å²) in [6, 6.07) is 7.71. The number of amides is 1. The maximum atomic E-state index is 13.5. The van der Waals surface area contributed by atoms with Crippen LogP contribution < -0.4 is 10.2 Å². The van der Waals surface area contributed by atoms with Gasteiger partial charge in [0.05, 0.1) is 30.7 Å². The van der Waals surface area contributed by atoms with Crippen molar-refractivity contribution >= 4 is 16.9 Å². The summed E-state index contributed by atoms with van der Waals surface area (Å²) in [6.45, 7) is 4.44. The number of phenols is 1. The second-order valence-corrected chi connectivity index (χ2v) is 7.43. The fourth-order valence-electron chi connectivity index (χ4n) is 3.91. The highest BCUT2D eigenvalue weighted by atomic mass is 16.5. The summed E-state index contributed by atoms with van der Waals surface area (Å²) in [6.07, 6.45) is 0. The van der Waals surface area contributed by atoms with Gasteiger partial charge in [-0.15, -0.1) is 0 Å². The Morgan fingerprint density at radius 1 is 1.10 bits per heavy atom. The van der Waals surface area contributed by atoms with Gasteiger partial charge in [-0.3, -0.25) is 9.59 Å². The molecule has 1 atom stereocenters. The number of hydrogen-bond donors (Lipinski definition) is 1. The molecule has 0 bridgehead atoms. The summed E-state index contributed by atoms with van der Waals surface area (Å²) in [5.41, 5.74) is 3.04. The lowest BCUT2D eigenvalue weighted by Gasteiger charge is -2.25. The number of phenolic OH excluding ortho intramolecular Hbond substituents is 1. The number of aromatic hydroxyl groups is 1. The highest BCUT2D eigenvalue weighted by Crippen LogP contribution is 2.40. The Labute approximate surface area is 173 Å². The fourth-order valence-corrected chi connectivity index (χ4v) is 3.91. The fraction of sp³-hybridized carbons (Fsp3) is 0.304. The van der Waals surface area contributed by atoms with Gasteiger partial charge in [0.1, 0.15) is 5.58 Å². The maximum absolute atomic E-state index is 13.5. The van der Waals surface area contributed by atoms with E-state index in [2.05, 4.69) is 0 Å². The van der Waals surface area contributed by atoms with Crippen molar-refractivity contribution in [3.63, 3.8) is 0 Å². The van der Waals surface area contributed by atoms with Crippen molar-refractivity contribution in [2.75, 3.05) is 27.4 Å². The van der Waals surface area contributed by atoms with Crippen molar-refractivity contribution in [1.82, 2.24) is 4.90 Å². The molecule has 0 radical (unpaired) electrons. The summed E-state index contributed by atoms with van der Waals surface area (Å²) >= 11 is 0. The van der Waals surface area contributed by atoms with Crippen molar-refractivity contribution in [3.05, 3.63) is 68.6 Å². The Kier molecular flexibility index (Phi) is 4.99. The van der Waals surface area contributed by atoms with Gasteiger partial charge in [-0.1, -0.05) is 6.07 Å². The molecule has 7 nitrogen and oxygen atoms in total. The zero-order chi connectivity index (χ0) is 21.6. The van der Waals surface area contributed by atoms with Gasteiger partial charge in [-0.05, 0) is 54.8 Å². The van der Waals surface area contributed by atoms with Gasteiger partial charge >= 0.3 is 0 Å². The van der Waals surface area contributed by atoms with Gasteiger partial charge < -0.3 is 23.9 Å². The number of aryl methyl sites for hydroxylation is 2. The molecule has 3 aromatic rings. The first-order valence-electron chi connectivity index (χ1n) is 9.62. The first kappa shape index (κ1) is 20.0. The largest absolute Gasteiger partial charge is 0.504 e. The van der Waals surface area contributed by atoms with E-state index < -0.39 is 6.04 Å². The van der Waals surface area contributed by atoms with E-state index >= 15 is 0 Å². The van der Waals surface area contributed by atoms with Crippen LogP contribution >= 0.6 is 0 Å². The minimum Gasteiger partial charge on any atom is -0.504 e. The van der Waals surface area contributed by atoms with E-state index in [9.17, 15) is 14.7 Å². The topological polar surface area (TPSA) is 89.2 Å². The molecule has 1 aromatic heterocycles. The van der Waals surface area contributed by atoms with Crippen molar-refractivity contribution in [1.29, 1.82) is 0 Å². The molecule has 0 spiro atoms. The normalized spacial score (nSPS) is 15.7. The van der Waals surface area contributed by atoms with Crippen LogP contribution in [0.3, 0.4) is 0 Å². The summed E-state index contributed by atoms with van der Waals surface area (Å²) in [4.78, 5) is 28.3. The number of methoxy groups -OCH3 is 2. The second-order valence-electron chi connectivity index (χ2n) is 7.43. The Hall–Kier alpha value is -3.32. The van der Waals surface area contributed by atoms with Gasteiger partial charge in [0.2, 0.25) is 5.76 Å². The predicted molar refractivity (Wildman–Crippen MR) is 111 cm³/mol. The van der Waals surface area contributed by atoms with Crippen molar-refractivity contribution < 1.29 is 23.8 Å². The summed E-state index contributed by atoms with van der Waals surface area (Å²) in [5.74, 6) is -0.0807. The molecule has 1 amide bonds. The lowest BCUT2D eigenvalue weighted by Crippen LogP contribution is -2.32. The molecule has 1 unspecified atom stereocenters. The lowest BCUT2D eigenvalue weighted by atomic mass is 9.97. The number of carbonyl (C=O) groups is 1. The van der Waals surface area contributed by atoms with Gasteiger partial charge in [0, 0.05) is 13.7 Å². The number of hydrogen-bond acceptors (Lipinski definition) is 6. The van der Waals surface area contributed by atoms with E-state index in [4.69, 9.17) is 13.9 Å². The van der Waals surface area contributed by atoms with Crippen LogP contribution in [-0.4, -0.2) is 43.3 Å². The third-order valence-electron chi connectivity index (χ3n) is 5.64. The molecule has 0 saturated carbocycles. The first-order chi connectivity index (χ1) is 14.4. The van der Waals surface area contributed by atoms with Gasteiger partial charge in [0.15, 0.2) is 16.9 Å². The molecule has 0 fully saturated rings. The molecule has 156 valence electrons. The maximum Gasteiger partial charge on any atom is 0.290 e. The average molecular weight is 409 g/mol. The highest BCUT2D eigenvalue weighted by molar-refractivity contribution is 5.99. The molecular weight excluding hydrogens is 386 g/mol. The highest BCUT2D eigenvalue weighted by Gasteiger charge is 2.42. The van der Waals surface area contributed by atoms with E-state index in [1.807, 2.05) is 13.8 Å². The Balaban J connectivity index is 1.99. The Morgan fingerprint density at radius 3 is 2.53 bits per heavy atom. The molecule has 30 heavy (non-hydrogen) atoms. The molecule has 4 rings (SSSR count). The van der Waals surface area contributed by atoms with Crippen LogP contribution in [0.4, 0.5) is 0 Å². The van der Waals surface area contributed by atoms with E-state index in [1.165, 1.54) is 13.2 Å². The molecule has 2 aromatic carbocycles. The molecule has 0 saturated heterocycles. The van der Waals surface area contributed by atoms with Crippen LogP contribution in [0.2, 0.25) is 0 Å². The van der Waals surface area contributed by atoms with Crippen molar-refractivity contribution in [2.45, 2.75) is 19.9 Å². The van der Waals surface area contributed by atoms with Crippen LogP contribution in [0.25, 0.3) is 11.0 Å². The lowest BCUT2D eigenvalue weighted by molar-refractivity contribution is 0.0663. The molecule has 0 aliphatic carbocycles. The molecule has 1 aliphatic heterocycles. The standard InChI is InChI=1S/C23H23NO6/c1-12-9-15-17(10-13(12)2)30-22-19(21(15)26)20(24(23(22)27)7-8-28-3)14-5-6-16(25)18(11-14)29-4/h5-6,9-11,20,25H,7-8H2,1-4H3. The van der Waals surface area contributed by atoms with Crippen molar-refractivity contribution in [3.8, 4) is 11.5 Å². The third kappa shape index (κ3) is 3.02. The molecular formula is C23H23NO6. The van der Waals surface area contributed by atoms with Gasteiger partial charge in [-0.2, -0.15) is 0 Å². The minimum absolute atomic E-state index is 0.0223. The predicted octanol–water partition coefficient (Wildman–Crippen LogP) is 3.32. The molecule has 1 N–H and O–H groups in total. The monoisotopic (exact) mass is 409 g/mol. The van der Waals surface area contributed by atoms with E-state index in [0.29, 0.717) is 28.7 Å². The Bertz CT molecular complexity index is 1210. The number of benzene rings is 2. The van der Waals surface area contributed by atoms with E-state index in [0.717, 1.165) is 11.1 Å². The van der Waals surface area contributed by atoms with Crippen LogP contribution in [0.5, 0.6) is 11.5 Å². The molecule has 7 heteroatoms. The average Bonchev–Trinajstić information content (AvgIpc) is 3.00. The minimum atomic E-state index is -0.667. The van der Waals surface area contributed by atoms with Crippen LogP contribution in [0.1, 0.15) is 38.9 Å².